The first-order chi connectivity index (χ1) is 14.9. The van der Waals surface area contributed by atoms with Gasteiger partial charge in [0.05, 0.1) is 12.1 Å². The number of benzene rings is 1. The summed E-state index contributed by atoms with van der Waals surface area (Å²) in [7, 11) is 3.67. The van der Waals surface area contributed by atoms with Crippen LogP contribution in [0.1, 0.15) is 46.5 Å². The van der Waals surface area contributed by atoms with Gasteiger partial charge >= 0.3 is 11.8 Å². The Bertz CT molecular complexity index is 1170. The number of aryl methyl sites for hydroxylation is 1. The number of nitrogens with zero attached hydrogens (tertiary/aromatic N) is 5. The van der Waals surface area contributed by atoms with Gasteiger partial charge in [0.25, 0.3) is 5.91 Å². The van der Waals surface area contributed by atoms with Crippen LogP contribution in [-0.2, 0) is 18.3 Å². The van der Waals surface area contributed by atoms with Crippen molar-refractivity contribution in [3.05, 3.63) is 59.2 Å². The molecular formula is C22H24N6O3. The molecule has 1 fully saturated rings. The average Bonchev–Trinajstić information content (AvgIpc) is 3.09. The van der Waals surface area contributed by atoms with Crippen molar-refractivity contribution in [3.63, 3.8) is 0 Å². The Balaban J connectivity index is 1.36. The second-order valence-electron chi connectivity index (χ2n) is 8.40. The number of carbonyl (C=O) groups is 2. The standard InChI is InChI=1S/C22H24N6O3/c1-11-15-16(11)18-19(23-12(2)27(18)3)28(4)22(30)17(15)24-20(29)21-26-25-14(31-21)10-13-8-6-5-7-9-13/h5-9,11,15-17H,10H2,1-4H3,(H,24,29)/t11?,15?,16?,17-/m0/s1. The lowest BCUT2D eigenvalue weighted by molar-refractivity contribution is -0.120. The number of carbonyl (C=O) groups excluding carboxylic acids is 2. The number of aromatic nitrogens is 4. The van der Waals surface area contributed by atoms with Gasteiger partial charge in [0, 0.05) is 25.9 Å². The normalized spacial score (nSPS) is 24.4. The van der Waals surface area contributed by atoms with E-state index in [0.717, 1.165) is 17.1 Å². The number of likely N-dealkylation sites (N-methyl/N-ethyl adjacent to an activating group) is 1. The molecule has 2 aromatic heterocycles. The molecule has 31 heavy (non-hydrogen) atoms. The van der Waals surface area contributed by atoms with Crippen LogP contribution in [0.5, 0.6) is 0 Å². The van der Waals surface area contributed by atoms with E-state index in [1.165, 1.54) is 0 Å². The SMILES string of the molecule is Cc1nc2c(n1C)C1C(C)C1[C@H](NC(=O)c1nnc(Cc3ccccc3)o1)C(=O)N2C. The maximum Gasteiger partial charge on any atom is 0.309 e. The van der Waals surface area contributed by atoms with Gasteiger partial charge in [-0.1, -0.05) is 37.3 Å². The Morgan fingerprint density at radius 2 is 1.94 bits per heavy atom. The number of imidazole rings is 1. The third-order valence-corrected chi connectivity index (χ3v) is 6.55. The monoisotopic (exact) mass is 420 g/mol. The van der Waals surface area contributed by atoms with Crippen LogP contribution in [-0.4, -0.2) is 44.7 Å². The molecule has 0 bridgehead atoms. The number of fused-ring (bicyclic) bond motifs is 3. The fraction of sp³-hybridized carbons (Fsp3) is 0.409. The number of amides is 2. The van der Waals surface area contributed by atoms with Crippen molar-refractivity contribution in [1.29, 1.82) is 0 Å². The van der Waals surface area contributed by atoms with Crippen LogP contribution in [0.25, 0.3) is 0 Å². The molecule has 3 aromatic rings. The number of hydrogen-bond donors (Lipinski definition) is 1. The molecular weight excluding hydrogens is 396 g/mol. The molecule has 0 saturated heterocycles. The Hall–Kier alpha value is -3.49. The van der Waals surface area contributed by atoms with E-state index in [2.05, 4.69) is 27.4 Å². The van der Waals surface area contributed by atoms with Crippen LogP contribution in [0.2, 0.25) is 0 Å². The maximum atomic E-state index is 13.2. The van der Waals surface area contributed by atoms with Crippen molar-refractivity contribution in [1.82, 2.24) is 25.1 Å². The molecule has 2 aliphatic rings. The van der Waals surface area contributed by atoms with Crippen molar-refractivity contribution < 1.29 is 14.0 Å². The molecule has 1 saturated carbocycles. The van der Waals surface area contributed by atoms with E-state index in [0.29, 0.717) is 18.1 Å². The zero-order valence-corrected chi connectivity index (χ0v) is 17.9. The van der Waals surface area contributed by atoms with Crippen molar-refractivity contribution >= 4 is 17.6 Å². The van der Waals surface area contributed by atoms with Crippen LogP contribution in [0.15, 0.2) is 34.7 Å². The van der Waals surface area contributed by atoms with E-state index < -0.39 is 11.9 Å². The van der Waals surface area contributed by atoms with Gasteiger partial charge < -0.3 is 14.3 Å². The predicted molar refractivity (Wildman–Crippen MR) is 112 cm³/mol. The van der Waals surface area contributed by atoms with E-state index in [9.17, 15) is 9.59 Å². The minimum atomic E-state index is -0.670. The summed E-state index contributed by atoms with van der Waals surface area (Å²) in [5.74, 6) is 1.45. The number of hydrogen-bond acceptors (Lipinski definition) is 6. The lowest BCUT2D eigenvalue weighted by atomic mass is 10.1. The van der Waals surface area contributed by atoms with Crippen LogP contribution < -0.4 is 10.2 Å². The Morgan fingerprint density at radius 3 is 2.68 bits per heavy atom. The minimum Gasteiger partial charge on any atom is -0.417 e. The van der Waals surface area contributed by atoms with E-state index in [1.54, 1.807) is 11.9 Å². The van der Waals surface area contributed by atoms with Gasteiger partial charge in [-0.25, -0.2) is 4.98 Å². The van der Waals surface area contributed by atoms with Crippen LogP contribution in [0.4, 0.5) is 5.82 Å². The van der Waals surface area contributed by atoms with E-state index in [4.69, 9.17) is 4.42 Å². The Labute approximate surface area is 179 Å². The first-order valence-corrected chi connectivity index (χ1v) is 10.3. The molecule has 0 radical (unpaired) electrons. The predicted octanol–water partition coefficient (Wildman–Crippen LogP) is 1.83. The molecule has 1 aliphatic heterocycles. The summed E-state index contributed by atoms with van der Waals surface area (Å²) in [5, 5.41) is 10.7. The largest absolute Gasteiger partial charge is 0.417 e. The summed E-state index contributed by atoms with van der Waals surface area (Å²) in [6.45, 7) is 4.03. The second-order valence-corrected chi connectivity index (χ2v) is 8.40. The first kappa shape index (κ1) is 19.5. The highest BCUT2D eigenvalue weighted by Gasteiger charge is 2.59. The fourth-order valence-corrected chi connectivity index (χ4v) is 4.69. The highest BCUT2D eigenvalue weighted by atomic mass is 16.4. The molecule has 9 nitrogen and oxygen atoms in total. The van der Waals surface area contributed by atoms with Crippen molar-refractivity contribution in [2.75, 3.05) is 11.9 Å². The van der Waals surface area contributed by atoms with Crippen molar-refractivity contribution in [3.8, 4) is 0 Å². The minimum absolute atomic E-state index is 0.00154. The zero-order valence-electron chi connectivity index (χ0n) is 17.9. The highest BCUT2D eigenvalue weighted by molar-refractivity contribution is 6.02. The quantitative estimate of drug-likeness (QED) is 0.690. The molecule has 3 heterocycles. The summed E-state index contributed by atoms with van der Waals surface area (Å²) in [6.07, 6.45) is 0.439. The average molecular weight is 420 g/mol. The van der Waals surface area contributed by atoms with Crippen molar-refractivity contribution in [2.24, 2.45) is 18.9 Å². The van der Waals surface area contributed by atoms with Gasteiger partial charge in [0.15, 0.2) is 5.82 Å². The van der Waals surface area contributed by atoms with Gasteiger partial charge in [-0.2, -0.15) is 0 Å². The van der Waals surface area contributed by atoms with E-state index in [-0.39, 0.29) is 29.6 Å². The third-order valence-electron chi connectivity index (χ3n) is 6.55. The molecule has 3 unspecified atom stereocenters. The lowest BCUT2D eigenvalue weighted by Gasteiger charge is -2.22. The van der Waals surface area contributed by atoms with Gasteiger partial charge in [-0.05, 0) is 18.4 Å². The Kier molecular flexibility index (Phi) is 4.42. The molecule has 9 heteroatoms. The zero-order chi connectivity index (χ0) is 21.9. The van der Waals surface area contributed by atoms with Crippen LogP contribution in [0.3, 0.4) is 0 Å². The number of anilines is 1. The number of nitrogens with one attached hydrogen (secondary N) is 1. The highest BCUT2D eigenvalue weighted by Crippen LogP contribution is 2.59. The molecule has 4 atom stereocenters. The summed E-state index contributed by atoms with van der Waals surface area (Å²) in [6, 6.07) is 9.01. The third kappa shape index (κ3) is 3.11. The number of rotatable bonds is 4. The molecule has 160 valence electrons. The molecule has 1 aromatic carbocycles. The Morgan fingerprint density at radius 1 is 1.19 bits per heavy atom. The van der Waals surface area contributed by atoms with Gasteiger partial charge in [-0.3, -0.25) is 14.5 Å². The summed E-state index contributed by atoms with van der Waals surface area (Å²) in [5.41, 5.74) is 2.06. The smallest absolute Gasteiger partial charge is 0.309 e. The summed E-state index contributed by atoms with van der Waals surface area (Å²) >= 11 is 0. The van der Waals surface area contributed by atoms with Crippen LogP contribution >= 0.6 is 0 Å². The van der Waals surface area contributed by atoms with Gasteiger partial charge in [-0.15, -0.1) is 10.2 Å². The molecule has 1 aliphatic carbocycles. The molecule has 2 amide bonds. The van der Waals surface area contributed by atoms with Gasteiger partial charge in [0.2, 0.25) is 5.89 Å². The lowest BCUT2D eigenvalue weighted by Crippen LogP contribution is -2.49. The summed E-state index contributed by atoms with van der Waals surface area (Å²) in [4.78, 5) is 32.2. The topological polar surface area (TPSA) is 106 Å². The molecule has 1 N–H and O–H groups in total. The fourth-order valence-electron chi connectivity index (χ4n) is 4.69. The first-order valence-electron chi connectivity index (χ1n) is 10.3. The maximum absolute atomic E-state index is 13.2. The van der Waals surface area contributed by atoms with E-state index in [1.807, 2.05) is 48.9 Å². The summed E-state index contributed by atoms with van der Waals surface area (Å²) < 4.78 is 7.61. The molecule has 5 rings (SSSR count). The van der Waals surface area contributed by atoms with E-state index >= 15 is 0 Å². The second kappa shape index (κ2) is 7.04. The van der Waals surface area contributed by atoms with Crippen LogP contribution in [0, 0.1) is 18.8 Å². The van der Waals surface area contributed by atoms with Gasteiger partial charge in [0.1, 0.15) is 11.9 Å². The molecule has 0 spiro atoms. The van der Waals surface area contributed by atoms with Crippen molar-refractivity contribution in [2.45, 2.75) is 32.2 Å².